The number of anilines is 1. The van der Waals surface area contributed by atoms with Crippen LogP contribution < -0.4 is 15.7 Å². The van der Waals surface area contributed by atoms with Crippen LogP contribution in [0.25, 0.3) is 0 Å². The molecule has 2 saturated heterocycles. The van der Waals surface area contributed by atoms with E-state index in [4.69, 9.17) is 14.0 Å². The second kappa shape index (κ2) is 9.18. The maximum atomic E-state index is 12.7. The fourth-order valence-corrected chi connectivity index (χ4v) is 3.83. The zero-order valence-corrected chi connectivity index (χ0v) is 21.2. The first kappa shape index (κ1) is 25.4. The van der Waals surface area contributed by atoms with E-state index in [0.29, 0.717) is 13.1 Å². The first-order valence-corrected chi connectivity index (χ1v) is 11.7. The van der Waals surface area contributed by atoms with Gasteiger partial charge in [0.15, 0.2) is 0 Å². The summed E-state index contributed by atoms with van der Waals surface area (Å²) < 4.78 is 17.5. The molecule has 9 heteroatoms. The molecule has 2 amide bonds. The predicted molar refractivity (Wildman–Crippen MR) is 130 cm³/mol. The number of hydrogen-bond donors (Lipinski definition) is 1. The van der Waals surface area contributed by atoms with Crippen molar-refractivity contribution < 1.29 is 23.6 Å². The van der Waals surface area contributed by atoms with Gasteiger partial charge < -0.3 is 29.2 Å². The molecule has 2 aliphatic rings. The summed E-state index contributed by atoms with van der Waals surface area (Å²) in [6.45, 7) is 17.9. The van der Waals surface area contributed by atoms with E-state index in [2.05, 4.69) is 22.3 Å². The van der Waals surface area contributed by atoms with Crippen LogP contribution in [0.15, 0.2) is 24.3 Å². The highest BCUT2D eigenvalue weighted by atomic mass is 16.7. The summed E-state index contributed by atoms with van der Waals surface area (Å²) in [6, 6.07) is 7.60. The van der Waals surface area contributed by atoms with Crippen LogP contribution in [0.3, 0.4) is 0 Å². The molecule has 8 nitrogen and oxygen atoms in total. The van der Waals surface area contributed by atoms with Crippen LogP contribution in [-0.2, 0) is 18.8 Å². The van der Waals surface area contributed by atoms with Gasteiger partial charge in [0.2, 0.25) is 5.91 Å². The van der Waals surface area contributed by atoms with Gasteiger partial charge in [0.1, 0.15) is 11.6 Å². The zero-order chi connectivity index (χ0) is 24.6. The second-order valence-corrected chi connectivity index (χ2v) is 10.9. The van der Waals surface area contributed by atoms with Crippen LogP contribution in [0, 0.1) is 0 Å². The van der Waals surface area contributed by atoms with E-state index >= 15 is 0 Å². The molecule has 2 aliphatic heterocycles. The lowest BCUT2D eigenvalue weighted by molar-refractivity contribution is -0.133. The summed E-state index contributed by atoms with van der Waals surface area (Å²) in [5, 5.41) is 2.63. The second-order valence-electron chi connectivity index (χ2n) is 10.9. The maximum Gasteiger partial charge on any atom is 0.494 e. The summed E-state index contributed by atoms with van der Waals surface area (Å²) in [6.07, 6.45) is -0.580. The van der Waals surface area contributed by atoms with Crippen LogP contribution >= 0.6 is 0 Å². The number of hydrogen-bond acceptors (Lipinski definition) is 6. The summed E-state index contributed by atoms with van der Waals surface area (Å²) in [5.74, 6) is -0.100. The van der Waals surface area contributed by atoms with E-state index in [0.717, 1.165) is 24.2 Å². The topological polar surface area (TPSA) is 80.3 Å². The zero-order valence-electron chi connectivity index (χ0n) is 21.2. The molecule has 1 N–H and O–H groups in total. The Morgan fingerprint density at radius 1 is 1.00 bits per heavy atom. The van der Waals surface area contributed by atoms with Gasteiger partial charge in [-0.05, 0) is 73.0 Å². The third-order valence-corrected chi connectivity index (χ3v) is 6.48. The lowest BCUT2D eigenvalue weighted by atomic mass is 9.79. The van der Waals surface area contributed by atoms with Gasteiger partial charge in [0.05, 0.1) is 11.2 Å². The first-order chi connectivity index (χ1) is 15.2. The number of nitrogens with zero attached hydrogens (tertiary/aromatic N) is 2. The number of alkyl carbamates (subject to hydrolysis) is 1. The highest BCUT2D eigenvalue weighted by Crippen LogP contribution is 2.36. The smallest absolute Gasteiger partial charge is 0.444 e. The number of carbonyl (C=O) groups is 2. The molecule has 1 aromatic carbocycles. The Labute approximate surface area is 198 Å². The molecule has 0 aliphatic carbocycles. The number of amides is 2. The molecule has 33 heavy (non-hydrogen) atoms. The Hall–Kier alpha value is -2.26. The molecule has 2 fully saturated rings. The van der Waals surface area contributed by atoms with E-state index in [1.54, 1.807) is 32.6 Å². The Morgan fingerprint density at radius 3 is 2.00 bits per heavy atom. The average Bonchev–Trinajstić information content (AvgIpc) is 2.93. The maximum absolute atomic E-state index is 12.7. The largest absolute Gasteiger partial charge is 0.494 e. The summed E-state index contributed by atoms with van der Waals surface area (Å²) in [5.41, 5.74) is 0.760. The van der Waals surface area contributed by atoms with Crippen molar-refractivity contribution in [2.75, 3.05) is 31.1 Å². The molecule has 1 atom stereocenters. The fraction of sp³-hybridized carbons (Fsp3) is 0.667. The van der Waals surface area contributed by atoms with E-state index in [1.807, 2.05) is 39.8 Å². The van der Waals surface area contributed by atoms with Crippen LogP contribution in [0.1, 0.15) is 55.4 Å². The van der Waals surface area contributed by atoms with Crippen molar-refractivity contribution >= 4 is 30.3 Å². The quantitative estimate of drug-likeness (QED) is 0.698. The van der Waals surface area contributed by atoms with Crippen molar-refractivity contribution in [3.63, 3.8) is 0 Å². The first-order valence-electron chi connectivity index (χ1n) is 11.7. The van der Waals surface area contributed by atoms with Crippen LogP contribution in [0.2, 0.25) is 0 Å². The SMILES string of the molecule is CC(NC(=O)OC(C)(C)C)C(=O)N1CCN(c2ccc(B3OC(C)(C)C(C)(C)O3)cc2)CC1. The number of rotatable bonds is 4. The number of benzene rings is 1. The van der Waals surface area contributed by atoms with Crippen molar-refractivity contribution in [2.24, 2.45) is 0 Å². The average molecular weight is 459 g/mol. The van der Waals surface area contributed by atoms with E-state index < -0.39 is 17.7 Å². The van der Waals surface area contributed by atoms with Crippen molar-refractivity contribution in [2.45, 2.75) is 78.2 Å². The summed E-state index contributed by atoms with van der Waals surface area (Å²) in [7, 11) is -0.377. The number of nitrogens with one attached hydrogen (secondary N) is 1. The van der Waals surface area contributed by atoms with Gasteiger partial charge >= 0.3 is 13.2 Å². The minimum absolute atomic E-state index is 0.100. The van der Waals surface area contributed by atoms with Gasteiger partial charge in [0.25, 0.3) is 0 Å². The third-order valence-electron chi connectivity index (χ3n) is 6.48. The van der Waals surface area contributed by atoms with Gasteiger partial charge in [-0.25, -0.2) is 4.79 Å². The molecule has 0 saturated carbocycles. The monoisotopic (exact) mass is 459 g/mol. The third kappa shape index (κ3) is 6.01. The Kier molecular flexibility index (Phi) is 7.06. The number of ether oxygens (including phenoxy) is 1. The highest BCUT2D eigenvalue weighted by Gasteiger charge is 2.51. The minimum Gasteiger partial charge on any atom is -0.444 e. The van der Waals surface area contributed by atoms with Gasteiger partial charge in [-0.15, -0.1) is 0 Å². The van der Waals surface area contributed by atoms with E-state index in [1.165, 1.54) is 0 Å². The number of carbonyl (C=O) groups excluding carboxylic acids is 2. The lowest BCUT2D eigenvalue weighted by Crippen LogP contribution is -2.54. The van der Waals surface area contributed by atoms with Crippen molar-refractivity contribution in [1.82, 2.24) is 10.2 Å². The van der Waals surface area contributed by atoms with Crippen LogP contribution in [0.4, 0.5) is 10.5 Å². The number of piperazine rings is 1. The summed E-state index contributed by atoms with van der Waals surface area (Å²) >= 11 is 0. The molecule has 0 bridgehead atoms. The molecule has 2 heterocycles. The molecular formula is C24H38BN3O5. The van der Waals surface area contributed by atoms with Crippen molar-refractivity contribution in [3.05, 3.63) is 24.3 Å². The van der Waals surface area contributed by atoms with Crippen LogP contribution in [0.5, 0.6) is 0 Å². The van der Waals surface area contributed by atoms with E-state index in [-0.39, 0.29) is 24.2 Å². The standard InChI is InChI=1S/C24H38BN3O5/c1-17(26-21(30)31-22(2,3)4)20(29)28-15-13-27(14-16-28)19-11-9-18(10-12-19)25-32-23(5,6)24(7,8)33-25/h9-12,17H,13-16H2,1-8H3,(H,26,30). The van der Waals surface area contributed by atoms with E-state index in [9.17, 15) is 9.59 Å². The summed E-state index contributed by atoms with van der Waals surface area (Å²) in [4.78, 5) is 28.7. The minimum atomic E-state index is -0.634. The molecule has 0 radical (unpaired) electrons. The Balaban J connectivity index is 1.52. The lowest BCUT2D eigenvalue weighted by Gasteiger charge is -2.37. The van der Waals surface area contributed by atoms with Crippen molar-refractivity contribution in [3.8, 4) is 0 Å². The molecule has 0 aromatic heterocycles. The van der Waals surface area contributed by atoms with Gasteiger partial charge in [-0.1, -0.05) is 12.1 Å². The fourth-order valence-electron chi connectivity index (χ4n) is 3.83. The van der Waals surface area contributed by atoms with Crippen LogP contribution in [-0.4, -0.2) is 73.0 Å². The predicted octanol–water partition coefficient (Wildman–Crippen LogP) is 2.55. The highest BCUT2D eigenvalue weighted by molar-refractivity contribution is 6.62. The van der Waals surface area contributed by atoms with Gasteiger partial charge in [-0.2, -0.15) is 0 Å². The molecular weight excluding hydrogens is 421 g/mol. The molecule has 3 rings (SSSR count). The Morgan fingerprint density at radius 2 is 1.52 bits per heavy atom. The van der Waals surface area contributed by atoms with Gasteiger partial charge in [-0.3, -0.25) is 4.79 Å². The Bertz CT molecular complexity index is 842. The molecule has 0 spiro atoms. The van der Waals surface area contributed by atoms with Gasteiger partial charge in [0, 0.05) is 31.9 Å². The van der Waals surface area contributed by atoms with Crippen molar-refractivity contribution in [1.29, 1.82) is 0 Å². The molecule has 1 aromatic rings. The molecule has 182 valence electrons. The molecule has 1 unspecified atom stereocenters. The normalized spacial score (nSPS) is 21.0.